The third-order valence-electron chi connectivity index (χ3n) is 5.39. The molecule has 0 saturated carbocycles. The van der Waals surface area contributed by atoms with E-state index in [1.807, 2.05) is 29.8 Å². The molecule has 0 spiro atoms. The lowest BCUT2D eigenvalue weighted by Crippen LogP contribution is -2.27. The molecule has 4 nitrogen and oxygen atoms in total. The summed E-state index contributed by atoms with van der Waals surface area (Å²) in [6, 6.07) is 18.1. The summed E-state index contributed by atoms with van der Waals surface area (Å²) in [5, 5.41) is 8.48. The molecule has 5 heteroatoms. The fraction of sp³-hybridized carbons (Fsp3) is 0.200. The molecular weight excluding hydrogens is 377 g/mol. The predicted molar refractivity (Wildman–Crippen MR) is 117 cm³/mol. The van der Waals surface area contributed by atoms with E-state index in [0.717, 1.165) is 27.6 Å². The Morgan fingerprint density at radius 1 is 1.07 bits per heavy atom. The lowest BCUT2D eigenvalue weighted by Gasteiger charge is -2.17. The van der Waals surface area contributed by atoms with Crippen LogP contribution in [0.5, 0.6) is 0 Å². The van der Waals surface area contributed by atoms with Crippen LogP contribution in [-0.2, 0) is 6.54 Å². The number of amides is 1. The van der Waals surface area contributed by atoms with Gasteiger partial charge in [-0.2, -0.15) is 5.10 Å². The molecule has 1 unspecified atom stereocenters. The predicted octanol–water partition coefficient (Wildman–Crippen LogP) is 5.33. The van der Waals surface area contributed by atoms with Crippen molar-refractivity contribution < 1.29 is 9.18 Å². The first kappa shape index (κ1) is 19.8. The largest absolute Gasteiger partial charge is 0.346 e. The Bertz CT molecular complexity index is 1210. The van der Waals surface area contributed by atoms with Gasteiger partial charge in [0.1, 0.15) is 5.82 Å². The second-order valence-electron chi connectivity index (χ2n) is 7.76. The van der Waals surface area contributed by atoms with Crippen molar-refractivity contribution in [2.75, 3.05) is 0 Å². The number of halogens is 1. The van der Waals surface area contributed by atoms with Gasteiger partial charge in [-0.3, -0.25) is 9.48 Å². The van der Waals surface area contributed by atoms with Crippen molar-refractivity contribution in [1.82, 2.24) is 15.1 Å². The van der Waals surface area contributed by atoms with Crippen LogP contribution in [0.2, 0.25) is 0 Å². The van der Waals surface area contributed by atoms with Crippen molar-refractivity contribution >= 4 is 16.8 Å². The Kier molecular flexibility index (Phi) is 5.36. The van der Waals surface area contributed by atoms with Gasteiger partial charge in [0.05, 0.1) is 24.3 Å². The highest BCUT2D eigenvalue weighted by Gasteiger charge is 2.15. The van der Waals surface area contributed by atoms with Crippen molar-refractivity contribution in [3.05, 3.63) is 100 Å². The van der Waals surface area contributed by atoms with Crippen LogP contribution in [0.25, 0.3) is 10.9 Å². The molecule has 1 N–H and O–H groups in total. The molecule has 4 rings (SSSR count). The highest BCUT2D eigenvalue weighted by atomic mass is 19.1. The van der Waals surface area contributed by atoms with E-state index < -0.39 is 0 Å². The van der Waals surface area contributed by atoms with E-state index in [0.29, 0.717) is 12.1 Å². The number of carbonyl (C=O) groups excluding carboxylic acids is 1. The minimum Gasteiger partial charge on any atom is -0.346 e. The Balaban J connectivity index is 1.56. The molecule has 0 fully saturated rings. The molecule has 0 aliphatic carbocycles. The zero-order chi connectivity index (χ0) is 21.3. The van der Waals surface area contributed by atoms with Gasteiger partial charge in [0.25, 0.3) is 5.91 Å². The molecule has 1 amide bonds. The number of rotatable bonds is 5. The molecular formula is C25H24FN3O. The number of hydrogen-bond acceptors (Lipinski definition) is 2. The normalized spacial score (nSPS) is 12.1. The average molecular weight is 401 g/mol. The quantitative estimate of drug-likeness (QED) is 0.491. The SMILES string of the molecule is Cc1ccc(C(C)NC(=O)c2ccc3cnn(Cc4ccc(F)cc4)c3c2)c(C)c1. The smallest absolute Gasteiger partial charge is 0.251 e. The molecule has 0 aliphatic rings. The van der Waals surface area contributed by atoms with Crippen molar-refractivity contribution in [3.8, 4) is 0 Å². The van der Waals surface area contributed by atoms with Crippen LogP contribution in [-0.4, -0.2) is 15.7 Å². The van der Waals surface area contributed by atoms with Gasteiger partial charge in [0, 0.05) is 10.9 Å². The van der Waals surface area contributed by atoms with Crippen LogP contribution < -0.4 is 5.32 Å². The summed E-state index contributed by atoms with van der Waals surface area (Å²) in [5.74, 6) is -0.389. The Morgan fingerprint density at radius 3 is 2.57 bits per heavy atom. The Morgan fingerprint density at radius 2 is 1.83 bits per heavy atom. The maximum atomic E-state index is 13.2. The van der Waals surface area contributed by atoms with E-state index in [1.54, 1.807) is 18.3 Å². The van der Waals surface area contributed by atoms with Crippen molar-refractivity contribution in [2.45, 2.75) is 33.4 Å². The lowest BCUT2D eigenvalue weighted by atomic mass is 10.00. The van der Waals surface area contributed by atoms with Gasteiger partial charge in [-0.1, -0.05) is 42.0 Å². The number of hydrogen-bond donors (Lipinski definition) is 1. The van der Waals surface area contributed by atoms with E-state index in [1.165, 1.54) is 17.7 Å². The molecule has 0 saturated heterocycles. The summed E-state index contributed by atoms with van der Waals surface area (Å²) in [6.45, 7) is 6.62. The molecule has 30 heavy (non-hydrogen) atoms. The molecule has 1 aromatic heterocycles. The van der Waals surface area contributed by atoms with E-state index in [-0.39, 0.29) is 17.8 Å². The van der Waals surface area contributed by atoms with E-state index in [9.17, 15) is 9.18 Å². The van der Waals surface area contributed by atoms with Gasteiger partial charge in [0.2, 0.25) is 0 Å². The van der Waals surface area contributed by atoms with E-state index >= 15 is 0 Å². The van der Waals surface area contributed by atoms with Crippen molar-refractivity contribution in [1.29, 1.82) is 0 Å². The van der Waals surface area contributed by atoms with Crippen LogP contribution in [0.1, 0.15) is 45.6 Å². The summed E-state index contributed by atoms with van der Waals surface area (Å²) in [7, 11) is 0. The van der Waals surface area contributed by atoms with Crippen LogP contribution in [0, 0.1) is 19.7 Å². The number of carbonyl (C=O) groups is 1. The van der Waals surface area contributed by atoms with Crippen LogP contribution in [0.3, 0.4) is 0 Å². The van der Waals surface area contributed by atoms with Crippen molar-refractivity contribution in [2.24, 2.45) is 0 Å². The highest BCUT2D eigenvalue weighted by molar-refractivity contribution is 5.98. The van der Waals surface area contributed by atoms with Crippen LogP contribution in [0.4, 0.5) is 4.39 Å². The summed E-state index contributed by atoms with van der Waals surface area (Å²) >= 11 is 0. The number of fused-ring (bicyclic) bond motifs is 1. The molecule has 1 heterocycles. The third kappa shape index (κ3) is 4.10. The molecule has 4 aromatic rings. The minimum atomic E-state index is -0.263. The standard InChI is InChI=1S/C25H24FN3O/c1-16-4-11-23(17(2)12-16)18(3)28-25(30)20-7-8-21-14-27-29(24(21)13-20)15-19-5-9-22(26)10-6-19/h4-14,18H,15H2,1-3H3,(H,28,30). The number of nitrogens with one attached hydrogen (secondary N) is 1. The van der Waals surface area contributed by atoms with Gasteiger partial charge in [-0.15, -0.1) is 0 Å². The van der Waals surface area contributed by atoms with Gasteiger partial charge in [-0.05, 0) is 61.7 Å². The monoisotopic (exact) mass is 401 g/mol. The van der Waals surface area contributed by atoms with Gasteiger partial charge < -0.3 is 5.32 Å². The van der Waals surface area contributed by atoms with Crippen LogP contribution in [0.15, 0.2) is 66.9 Å². The van der Waals surface area contributed by atoms with E-state index in [4.69, 9.17) is 0 Å². The first-order valence-corrected chi connectivity index (χ1v) is 9.99. The zero-order valence-corrected chi connectivity index (χ0v) is 17.3. The number of benzene rings is 3. The molecule has 3 aromatic carbocycles. The molecule has 1 atom stereocenters. The summed E-state index contributed by atoms with van der Waals surface area (Å²) in [4.78, 5) is 12.9. The Labute approximate surface area is 175 Å². The summed E-state index contributed by atoms with van der Waals surface area (Å²) < 4.78 is 15.0. The van der Waals surface area contributed by atoms with Gasteiger partial charge in [-0.25, -0.2) is 4.39 Å². The first-order valence-electron chi connectivity index (χ1n) is 9.99. The lowest BCUT2D eigenvalue weighted by molar-refractivity contribution is 0.0940. The number of aryl methyl sites for hydroxylation is 2. The van der Waals surface area contributed by atoms with Gasteiger partial charge in [0.15, 0.2) is 0 Å². The fourth-order valence-electron chi connectivity index (χ4n) is 3.77. The Hall–Kier alpha value is -3.47. The topological polar surface area (TPSA) is 46.9 Å². The molecule has 0 aliphatic heterocycles. The summed E-state index contributed by atoms with van der Waals surface area (Å²) in [5.41, 5.74) is 5.87. The second kappa shape index (κ2) is 8.11. The summed E-state index contributed by atoms with van der Waals surface area (Å²) in [6.07, 6.45) is 1.78. The zero-order valence-electron chi connectivity index (χ0n) is 17.3. The maximum absolute atomic E-state index is 13.2. The maximum Gasteiger partial charge on any atom is 0.251 e. The minimum absolute atomic E-state index is 0.0991. The van der Waals surface area contributed by atoms with Crippen molar-refractivity contribution in [3.63, 3.8) is 0 Å². The van der Waals surface area contributed by atoms with Gasteiger partial charge >= 0.3 is 0 Å². The molecule has 152 valence electrons. The molecule has 0 bridgehead atoms. The molecule has 0 radical (unpaired) electrons. The highest BCUT2D eigenvalue weighted by Crippen LogP contribution is 2.21. The number of nitrogens with zero attached hydrogens (tertiary/aromatic N) is 2. The first-order chi connectivity index (χ1) is 14.4. The van der Waals surface area contributed by atoms with Crippen LogP contribution >= 0.6 is 0 Å². The number of aromatic nitrogens is 2. The third-order valence-corrected chi connectivity index (χ3v) is 5.39. The second-order valence-corrected chi connectivity index (χ2v) is 7.76. The van der Waals surface area contributed by atoms with E-state index in [2.05, 4.69) is 42.5 Å². The average Bonchev–Trinajstić information content (AvgIpc) is 3.11. The fourth-order valence-corrected chi connectivity index (χ4v) is 3.77.